The van der Waals surface area contributed by atoms with E-state index in [0.717, 1.165) is 19.3 Å². The van der Waals surface area contributed by atoms with E-state index in [1.165, 1.54) is 0 Å². The molecule has 0 radical (unpaired) electrons. The van der Waals surface area contributed by atoms with Gasteiger partial charge in [0.25, 0.3) is 0 Å². The van der Waals surface area contributed by atoms with E-state index < -0.39 is 0 Å². The topological polar surface area (TPSA) is 64.4 Å². The van der Waals surface area contributed by atoms with Crippen molar-refractivity contribution in [1.82, 2.24) is 5.32 Å². The lowest BCUT2D eigenvalue weighted by molar-refractivity contribution is -0.120. The molecule has 0 aromatic carbocycles. The molecule has 0 spiro atoms. The van der Waals surface area contributed by atoms with Gasteiger partial charge in [-0.05, 0) is 19.3 Å². The van der Waals surface area contributed by atoms with Crippen molar-refractivity contribution in [3.63, 3.8) is 0 Å². The van der Waals surface area contributed by atoms with E-state index in [2.05, 4.69) is 5.32 Å². The second kappa shape index (κ2) is 4.26. The molecule has 0 aromatic heterocycles. The first-order chi connectivity index (χ1) is 5.79. The third-order valence-corrected chi connectivity index (χ3v) is 2.64. The molecular formula is C8H15ClN2O2. The fourth-order valence-electron chi connectivity index (χ4n) is 2.06. The van der Waals surface area contributed by atoms with Crippen molar-refractivity contribution >= 4 is 18.3 Å². The highest BCUT2D eigenvalue weighted by Gasteiger charge is 2.41. The van der Waals surface area contributed by atoms with Gasteiger partial charge < -0.3 is 15.8 Å². The number of carbonyl (C=O) groups is 1. The van der Waals surface area contributed by atoms with Crippen LogP contribution in [0, 0.1) is 0 Å². The number of hydrogen-bond acceptors (Lipinski definition) is 3. The molecule has 2 rings (SSSR count). The maximum atomic E-state index is 11.0. The van der Waals surface area contributed by atoms with E-state index in [1.54, 1.807) is 0 Å². The molecule has 0 saturated carbocycles. The summed E-state index contributed by atoms with van der Waals surface area (Å²) >= 11 is 0. The third-order valence-electron chi connectivity index (χ3n) is 2.64. The predicted octanol–water partition coefficient (Wildman–Crippen LogP) is -0.197. The molecule has 2 aliphatic rings. The Morgan fingerprint density at radius 3 is 2.77 bits per heavy atom. The second-order valence-electron chi connectivity index (χ2n) is 3.49. The van der Waals surface area contributed by atoms with Gasteiger partial charge in [-0.3, -0.25) is 4.79 Å². The predicted molar refractivity (Wildman–Crippen MR) is 50.7 cm³/mol. The molecule has 2 fully saturated rings. The van der Waals surface area contributed by atoms with Crippen LogP contribution in [0.3, 0.4) is 0 Å². The number of carbonyl (C=O) groups excluding carboxylic acids is 1. The summed E-state index contributed by atoms with van der Waals surface area (Å²) in [6.07, 6.45) is 3.85. The van der Waals surface area contributed by atoms with Crippen molar-refractivity contribution in [2.75, 3.05) is 6.54 Å². The average molecular weight is 207 g/mol. The van der Waals surface area contributed by atoms with Crippen LogP contribution < -0.4 is 11.1 Å². The highest BCUT2D eigenvalue weighted by molar-refractivity contribution is 5.85. The van der Waals surface area contributed by atoms with Gasteiger partial charge in [-0.25, -0.2) is 0 Å². The molecule has 2 heterocycles. The van der Waals surface area contributed by atoms with E-state index in [4.69, 9.17) is 10.5 Å². The summed E-state index contributed by atoms with van der Waals surface area (Å²) < 4.78 is 5.57. The third kappa shape index (κ3) is 2.13. The molecule has 5 heteroatoms. The molecule has 0 aliphatic carbocycles. The molecule has 2 saturated heterocycles. The number of hydrogen-bond donors (Lipinski definition) is 2. The van der Waals surface area contributed by atoms with Crippen LogP contribution in [0.2, 0.25) is 0 Å². The molecule has 1 amide bonds. The van der Waals surface area contributed by atoms with Gasteiger partial charge in [0, 0.05) is 0 Å². The van der Waals surface area contributed by atoms with E-state index in [9.17, 15) is 4.79 Å². The highest BCUT2D eigenvalue weighted by atomic mass is 35.5. The van der Waals surface area contributed by atoms with Crippen LogP contribution in [0.15, 0.2) is 0 Å². The Morgan fingerprint density at radius 2 is 2.31 bits per heavy atom. The summed E-state index contributed by atoms with van der Waals surface area (Å²) in [7, 11) is 0. The summed E-state index contributed by atoms with van der Waals surface area (Å²) in [5, 5.41) is 2.87. The average Bonchev–Trinajstić information content (AvgIpc) is 2.64. The van der Waals surface area contributed by atoms with Gasteiger partial charge >= 0.3 is 0 Å². The monoisotopic (exact) mass is 206 g/mol. The summed E-state index contributed by atoms with van der Waals surface area (Å²) in [5.41, 5.74) is 5.20. The van der Waals surface area contributed by atoms with Gasteiger partial charge in [0.1, 0.15) is 0 Å². The lowest BCUT2D eigenvalue weighted by Gasteiger charge is -2.19. The first-order valence-electron chi connectivity index (χ1n) is 4.44. The first kappa shape index (κ1) is 10.8. The van der Waals surface area contributed by atoms with E-state index in [-0.39, 0.29) is 37.0 Å². The smallest absolute Gasteiger partial charge is 0.234 e. The molecule has 4 nitrogen and oxygen atoms in total. The van der Waals surface area contributed by atoms with E-state index >= 15 is 0 Å². The summed E-state index contributed by atoms with van der Waals surface area (Å²) in [6.45, 7) is 0.0773. The molecule has 3 atom stereocenters. The van der Waals surface area contributed by atoms with Gasteiger partial charge in [0.05, 0.1) is 24.8 Å². The number of ether oxygens (including phenoxy) is 1. The Morgan fingerprint density at radius 1 is 1.54 bits per heavy atom. The Bertz CT molecular complexity index is 201. The first-order valence-corrected chi connectivity index (χ1v) is 4.44. The maximum Gasteiger partial charge on any atom is 0.234 e. The minimum atomic E-state index is -0.0730. The fraction of sp³-hybridized carbons (Fsp3) is 0.875. The van der Waals surface area contributed by atoms with E-state index in [0.29, 0.717) is 6.10 Å². The van der Waals surface area contributed by atoms with Gasteiger partial charge in [0.2, 0.25) is 5.91 Å². The zero-order valence-corrected chi connectivity index (χ0v) is 8.18. The molecular weight excluding hydrogens is 192 g/mol. The number of rotatable bonds is 2. The van der Waals surface area contributed by atoms with Crippen molar-refractivity contribution < 1.29 is 9.53 Å². The molecule has 0 unspecified atom stereocenters. The molecule has 13 heavy (non-hydrogen) atoms. The zero-order valence-electron chi connectivity index (χ0n) is 7.36. The summed E-state index contributed by atoms with van der Waals surface area (Å²) in [5.74, 6) is -0.0730. The molecule has 76 valence electrons. The number of nitrogens with two attached hydrogens (primary N) is 1. The van der Waals surface area contributed by atoms with Gasteiger partial charge in [-0.2, -0.15) is 0 Å². The van der Waals surface area contributed by atoms with Crippen molar-refractivity contribution in [2.45, 2.75) is 37.5 Å². The highest BCUT2D eigenvalue weighted by Crippen LogP contribution is 2.34. The van der Waals surface area contributed by atoms with Crippen LogP contribution in [0.4, 0.5) is 0 Å². The number of halogens is 1. The summed E-state index contributed by atoms with van der Waals surface area (Å²) in [6, 6.07) is 0.222. The molecule has 2 aliphatic heterocycles. The van der Waals surface area contributed by atoms with E-state index in [1.807, 2.05) is 0 Å². The van der Waals surface area contributed by atoms with Crippen LogP contribution in [0.5, 0.6) is 0 Å². The SMILES string of the molecule is Cl.NCC(=O)N[C@@H]1C[C@H]2CC[C@@H]1O2. The number of nitrogens with one attached hydrogen (secondary N) is 1. The Labute approximate surface area is 83.6 Å². The molecule has 0 aromatic rings. The minimum Gasteiger partial charge on any atom is -0.373 e. The molecule has 3 N–H and O–H groups in total. The molecule has 2 bridgehead atoms. The van der Waals surface area contributed by atoms with Crippen molar-refractivity contribution in [3.8, 4) is 0 Å². The normalized spacial score (nSPS) is 35.6. The Balaban J connectivity index is 0.000000845. The standard InChI is InChI=1S/C8H14N2O2.ClH/c9-4-8(11)10-6-3-5-1-2-7(6)12-5;/h5-7H,1-4,9H2,(H,10,11);1H/t5-,6-,7+;/m1./s1. The Hall–Kier alpha value is -0.320. The maximum absolute atomic E-state index is 11.0. The number of amides is 1. The van der Waals surface area contributed by atoms with Crippen LogP contribution >= 0.6 is 12.4 Å². The lowest BCUT2D eigenvalue weighted by atomic mass is 9.95. The van der Waals surface area contributed by atoms with Crippen LogP contribution in [-0.4, -0.2) is 30.7 Å². The summed E-state index contributed by atoms with van der Waals surface area (Å²) in [4.78, 5) is 11.0. The Kier molecular flexibility index (Phi) is 3.53. The fourth-order valence-corrected chi connectivity index (χ4v) is 2.06. The quantitative estimate of drug-likeness (QED) is 0.658. The van der Waals surface area contributed by atoms with Crippen LogP contribution in [0.25, 0.3) is 0 Å². The van der Waals surface area contributed by atoms with Crippen molar-refractivity contribution in [3.05, 3.63) is 0 Å². The minimum absolute atomic E-state index is 0. The second-order valence-corrected chi connectivity index (χ2v) is 3.49. The van der Waals surface area contributed by atoms with Crippen LogP contribution in [-0.2, 0) is 9.53 Å². The van der Waals surface area contributed by atoms with Crippen LogP contribution in [0.1, 0.15) is 19.3 Å². The number of fused-ring (bicyclic) bond motifs is 2. The van der Waals surface area contributed by atoms with Crippen molar-refractivity contribution in [2.24, 2.45) is 5.73 Å². The zero-order chi connectivity index (χ0) is 8.55. The van der Waals surface area contributed by atoms with Gasteiger partial charge in [0.15, 0.2) is 0 Å². The largest absolute Gasteiger partial charge is 0.373 e. The van der Waals surface area contributed by atoms with Gasteiger partial charge in [-0.15, -0.1) is 12.4 Å². The van der Waals surface area contributed by atoms with Crippen molar-refractivity contribution in [1.29, 1.82) is 0 Å². The van der Waals surface area contributed by atoms with Gasteiger partial charge in [-0.1, -0.05) is 0 Å². The lowest BCUT2D eigenvalue weighted by Crippen LogP contribution is -2.43.